The van der Waals surface area contributed by atoms with Gasteiger partial charge in [-0.25, -0.2) is 0 Å². The molecule has 4 nitrogen and oxygen atoms in total. The van der Waals surface area contributed by atoms with Crippen molar-refractivity contribution in [3.63, 3.8) is 0 Å². The van der Waals surface area contributed by atoms with Crippen LogP contribution in [0.4, 0.5) is 0 Å². The van der Waals surface area contributed by atoms with E-state index in [4.69, 9.17) is 18.9 Å². The van der Waals surface area contributed by atoms with Gasteiger partial charge in [-0.15, -0.1) is 0 Å². The van der Waals surface area contributed by atoms with Gasteiger partial charge in [-0.3, -0.25) is 0 Å². The molecule has 0 heterocycles. The van der Waals surface area contributed by atoms with Crippen LogP contribution in [-0.2, 0) is 18.9 Å². The van der Waals surface area contributed by atoms with Gasteiger partial charge in [0.05, 0.1) is 0 Å². The van der Waals surface area contributed by atoms with Gasteiger partial charge in [-0.05, 0) is 0 Å². The van der Waals surface area contributed by atoms with Crippen LogP contribution in [0.25, 0.3) is 0 Å². The summed E-state index contributed by atoms with van der Waals surface area (Å²) in [6, 6.07) is 0. The molecule has 0 aliphatic carbocycles. The number of ether oxygens (including phenoxy) is 4. The van der Waals surface area contributed by atoms with E-state index in [1.165, 1.54) is 0 Å². The molecule has 0 aromatic rings. The van der Waals surface area contributed by atoms with Gasteiger partial charge in [-0.1, -0.05) is 0 Å². The summed E-state index contributed by atoms with van der Waals surface area (Å²) in [4.78, 5) is 0. The fraction of sp³-hybridized carbons (Fsp3) is 1.00. The van der Waals surface area contributed by atoms with Gasteiger partial charge in [0.25, 0.3) is 0 Å². The topological polar surface area (TPSA) is 36.9 Å². The summed E-state index contributed by atoms with van der Waals surface area (Å²) in [5, 5.41) is 0. The molecule has 0 rings (SSSR count). The molecule has 0 fully saturated rings. The van der Waals surface area contributed by atoms with Gasteiger partial charge >= 0.3 is 80.0 Å². The quantitative estimate of drug-likeness (QED) is 0.566. The van der Waals surface area contributed by atoms with Crippen LogP contribution < -0.4 is 0 Å². The van der Waals surface area contributed by atoms with E-state index in [2.05, 4.69) is 0 Å². The minimum atomic E-state index is -1.68. The molecule has 5 heteroatoms. The summed E-state index contributed by atoms with van der Waals surface area (Å²) in [6.45, 7) is 0. The summed E-state index contributed by atoms with van der Waals surface area (Å²) in [7, 11) is 5.10. The normalized spacial score (nSPS) is 13.2. The number of methoxy groups -OCH3 is 4. The molecule has 0 spiro atoms. The first-order valence-corrected chi connectivity index (χ1v) is 7.03. The maximum atomic E-state index is 5.19. The Bertz CT molecular complexity index is 91.2. The van der Waals surface area contributed by atoms with Gasteiger partial charge in [-0.2, -0.15) is 0 Å². The molecular formula is C8H21O4P. The van der Waals surface area contributed by atoms with Crippen LogP contribution in [-0.4, -0.2) is 53.8 Å². The van der Waals surface area contributed by atoms with Gasteiger partial charge in [0.1, 0.15) is 0 Å². The summed E-state index contributed by atoms with van der Waals surface area (Å²) < 4.78 is 20.7. The van der Waals surface area contributed by atoms with Crippen LogP contribution in [0, 0.1) is 0 Å². The maximum absolute atomic E-state index is 5.19. The van der Waals surface area contributed by atoms with Crippen LogP contribution in [0.5, 0.6) is 0 Å². The SMILES string of the molecule is COC[PH](COC)(COC)COC. The molecule has 82 valence electrons. The predicted octanol–water partition coefficient (Wildman–Crippen LogP) is 1.15. The molecule has 0 amide bonds. The average Bonchev–Trinajstić information content (AvgIpc) is 2.06. The van der Waals surface area contributed by atoms with Crippen LogP contribution in [0.2, 0.25) is 0 Å². The van der Waals surface area contributed by atoms with Crippen molar-refractivity contribution in [3.8, 4) is 0 Å². The zero-order valence-electron chi connectivity index (χ0n) is 8.96. The molecule has 0 aromatic carbocycles. The number of rotatable bonds is 8. The first-order chi connectivity index (χ1) is 6.24. The fourth-order valence-electron chi connectivity index (χ4n) is 1.47. The van der Waals surface area contributed by atoms with E-state index in [1.54, 1.807) is 28.4 Å². The Hall–Kier alpha value is 0.270. The molecule has 0 unspecified atom stereocenters. The molecule has 0 saturated heterocycles. The molecule has 0 saturated carbocycles. The van der Waals surface area contributed by atoms with Gasteiger partial charge in [0, 0.05) is 0 Å². The second-order valence-corrected chi connectivity index (χ2v) is 7.39. The van der Waals surface area contributed by atoms with Gasteiger partial charge in [0.2, 0.25) is 0 Å². The Balaban J connectivity index is 4.19. The molecular weight excluding hydrogens is 191 g/mol. The van der Waals surface area contributed by atoms with Crippen molar-refractivity contribution in [1.29, 1.82) is 0 Å². The second-order valence-electron chi connectivity index (χ2n) is 3.23. The van der Waals surface area contributed by atoms with Crippen LogP contribution in [0.15, 0.2) is 0 Å². The summed E-state index contributed by atoms with van der Waals surface area (Å²) in [5.74, 6) is 0. The monoisotopic (exact) mass is 212 g/mol. The second kappa shape index (κ2) is 7.65. The van der Waals surface area contributed by atoms with Gasteiger partial charge < -0.3 is 0 Å². The van der Waals surface area contributed by atoms with E-state index in [-0.39, 0.29) is 0 Å². The van der Waals surface area contributed by atoms with Crippen molar-refractivity contribution >= 4 is 7.26 Å². The van der Waals surface area contributed by atoms with Gasteiger partial charge in [0.15, 0.2) is 0 Å². The Labute approximate surface area is 80.8 Å². The summed E-state index contributed by atoms with van der Waals surface area (Å²) >= 11 is 0. The standard InChI is InChI=1S/C8H21O4P/c1-9-5-13(6-10-2,7-11-3)8-12-4/h13H,5-8H2,1-4H3. The van der Waals surface area contributed by atoms with Crippen molar-refractivity contribution in [3.05, 3.63) is 0 Å². The van der Waals surface area contributed by atoms with Crippen molar-refractivity contribution < 1.29 is 18.9 Å². The molecule has 0 aliphatic heterocycles. The summed E-state index contributed by atoms with van der Waals surface area (Å²) in [6.07, 6.45) is 2.84. The Morgan fingerprint density at radius 3 is 1.00 bits per heavy atom. The van der Waals surface area contributed by atoms with E-state index in [1.807, 2.05) is 0 Å². The van der Waals surface area contributed by atoms with E-state index in [0.29, 0.717) is 25.4 Å². The van der Waals surface area contributed by atoms with Crippen molar-refractivity contribution in [2.24, 2.45) is 0 Å². The van der Waals surface area contributed by atoms with E-state index in [9.17, 15) is 0 Å². The predicted molar refractivity (Wildman–Crippen MR) is 55.8 cm³/mol. The van der Waals surface area contributed by atoms with Crippen molar-refractivity contribution in [2.45, 2.75) is 0 Å². The third-order valence-electron chi connectivity index (χ3n) is 1.80. The Morgan fingerprint density at radius 2 is 0.846 bits per heavy atom. The van der Waals surface area contributed by atoms with E-state index >= 15 is 0 Å². The van der Waals surface area contributed by atoms with Crippen LogP contribution in [0.3, 0.4) is 0 Å². The Kier molecular flexibility index (Phi) is 7.81. The first kappa shape index (κ1) is 13.3. The van der Waals surface area contributed by atoms with Crippen LogP contribution in [0.1, 0.15) is 0 Å². The molecule has 13 heavy (non-hydrogen) atoms. The zero-order chi connectivity index (χ0) is 10.2. The van der Waals surface area contributed by atoms with E-state index in [0.717, 1.165) is 0 Å². The summed E-state index contributed by atoms with van der Waals surface area (Å²) in [5.41, 5.74) is 0. The van der Waals surface area contributed by atoms with E-state index < -0.39 is 7.26 Å². The molecule has 0 bridgehead atoms. The Morgan fingerprint density at radius 1 is 0.615 bits per heavy atom. The molecule has 0 aromatic heterocycles. The molecule has 0 radical (unpaired) electrons. The molecule has 0 N–H and O–H groups in total. The number of hydrogen-bond donors (Lipinski definition) is 0. The molecule has 0 atom stereocenters. The van der Waals surface area contributed by atoms with Crippen LogP contribution >= 0.6 is 7.26 Å². The zero-order valence-corrected chi connectivity index (χ0v) is 9.96. The third-order valence-corrected chi connectivity index (χ3v) is 5.41. The number of hydrogen-bond acceptors (Lipinski definition) is 4. The van der Waals surface area contributed by atoms with Crippen molar-refractivity contribution in [2.75, 3.05) is 53.8 Å². The first-order valence-electron chi connectivity index (χ1n) is 4.20. The molecule has 0 aliphatic rings. The van der Waals surface area contributed by atoms with Crippen molar-refractivity contribution in [1.82, 2.24) is 0 Å². The average molecular weight is 212 g/mol. The fourth-order valence-corrected chi connectivity index (χ4v) is 4.42. The third kappa shape index (κ3) is 4.89. The minimum absolute atomic E-state index is 0.711.